The lowest BCUT2D eigenvalue weighted by molar-refractivity contribution is -0.137. The van der Waals surface area contributed by atoms with Crippen LogP contribution in [0.2, 0.25) is 0 Å². The van der Waals surface area contributed by atoms with Gasteiger partial charge in [0.2, 0.25) is 5.95 Å². The Labute approximate surface area is 183 Å². The molecule has 1 fully saturated rings. The molecule has 1 aliphatic rings. The van der Waals surface area contributed by atoms with Gasteiger partial charge in [-0.05, 0) is 35.0 Å². The largest absolute Gasteiger partial charge is 0.453 e. The highest BCUT2D eigenvalue weighted by molar-refractivity contribution is 9.10. The molecule has 12 heteroatoms. The lowest BCUT2D eigenvalue weighted by atomic mass is 10.1. The maximum Gasteiger partial charge on any atom is 0.419 e. The van der Waals surface area contributed by atoms with E-state index in [0.29, 0.717) is 27.6 Å². The van der Waals surface area contributed by atoms with Crippen LogP contribution in [0, 0.1) is 0 Å². The third-order valence-corrected chi connectivity index (χ3v) is 5.78. The summed E-state index contributed by atoms with van der Waals surface area (Å²) in [5, 5.41) is 9.30. The summed E-state index contributed by atoms with van der Waals surface area (Å²) >= 11 is 3.38. The molecule has 0 unspecified atom stereocenters. The summed E-state index contributed by atoms with van der Waals surface area (Å²) in [6, 6.07) is 3.22. The predicted octanol–water partition coefficient (Wildman–Crippen LogP) is 4.36. The lowest BCUT2D eigenvalue weighted by Crippen LogP contribution is -2.24. The van der Waals surface area contributed by atoms with Gasteiger partial charge in [-0.2, -0.15) is 13.2 Å². The summed E-state index contributed by atoms with van der Waals surface area (Å²) in [5.41, 5.74) is 0.00881. The Hall–Kier alpha value is -2.86. The van der Waals surface area contributed by atoms with E-state index in [2.05, 4.69) is 51.6 Å². The summed E-state index contributed by atoms with van der Waals surface area (Å²) in [4.78, 5) is 22.6. The molecule has 4 N–H and O–H groups in total. The Morgan fingerprint density at radius 3 is 2.84 bits per heavy atom. The number of hydrogen-bond acceptors (Lipinski definition) is 6. The Morgan fingerprint density at radius 2 is 2.16 bits per heavy atom. The molecule has 4 rings (SSSR count). The molecule has 1 amide bonds. The first kappa shape index (κ1) is 21.4. The number of H-pyrrole nitrogens is 1. The molecule has 0 bridgehead atoms. The van der Waals surface area contributed by atoms with E-state index in [0.717, 1.165) is 19.2 Å². The van der Waals surface area contributed by atoms with Gasteiger partial charge in [0.1, 0.15) is 5.56 Å². The van der Waals surface area contributed by atoms with Crippen LogP contribution in [-0.4, -0.2) is 47.3 Å². The summed E-state index contributed by atoms with van der Waals surface area (Å²) in [6.07, 6.45) is -2.21. The predicted molar refractivity (Wildman–Crippen MR) is 113 cm³/mol. The monoisotopic (exact) mass is 498 g/mol. The quantitative estimate of drug-likeness (QED) is 0.426. The number of hydrogen-bond donors (Lipinski definition) is 4. The SMILES string of the molecule is COC(=O)Nc1ccc2c(-c3nc(N[C@H]4CCNC4)ncc3C(F)(F)F)c[nH]c2c1Br. The fourth-order valence-electron chi connectivity index (χ4n) is 3.44. The van der Waals surface area contributed by atoms with Crippen LogP contribution in [-0.2, 0) is 10.9 Å². The number of aromatic nitrogens is 3. The van der Waals surface area contributed by atoms with Crippen LogP contribution in [0.3, 0.4) is 0 Å². The number of ether oxygens (including phenoxy) is 1. The summed E-state index contributed by atoms with van der Waals surface area (Å²) < 4.78 is 46.2. The number of nitrogens with one attached hydrogen (secondary N) is 4. The van der Waals surface area contributed by atoms with E-state index in [1.807, 2.05) is 0 Å². The Kier molecular flexibility index (Phi) is 5.75. The lowest BCUT2D eigenvalue weighted by Gasteiger charge is -2.15. The smallest absolute Gasteiger partial charge is 0.419 e. The molecule has 164 valence electrons. The van der Waals surface area contributed by atoms with Crippen LogP contribution in [0.1, 0.15) is 12.0 Å². The van der Waals surface area contributed by atoms with E-state index >= 15 is 0 Å². The molecular weight excluding hydrogens is 481 g/mol. The number of nitrogens with zero attached hydrogens (tertiary/aromatic N) is 2. The van der Waals surface area contributed by atoms with Crippen molar-refractivity contribution in [3.8, 4) is 11.3 Å². The molecule has 3 aromatic rings. The Morgan fingerprint density at radius 1 is 1.35 bits per heavy atom. The van der Waals surface area contributed by atoms with Gasteiger partial charge in [0.25, 0.3) is 0 Å². The number of rotatable bonds is 4. The summed E-state index contributed by atoms with van der Waals surface area (Å²) in [7, 11) is 1.23. The minimum Gasteiger partial charge on any atom is -0.453 e. The average molecular weight is 499 g/mol. The highest BCUT2D eigenvalue weighted by atomic mass is 79.9. The van der Waals surface area contributed by atoms with Crippen molar-refractivity contribution in [2.45, 2.75) is 18.6 Å². The van der Waals surface area contributed by atoms with Crippen molar-refractivity contribution in [3.63, 3.8) is 0 Å². The van der Waals surface area contributed by atoms with Gasteiger partial charge in [0, 0.05) is 35.9 Å². The number of anilines is 2. The van der Waals surface area contributed by atoms with E-state index in [4.69, 9.17) is 0 Å². The highest BCUT2D eigenvalue weighted by Gasteiger charge is 2.36. The number of fused-ring (bicyclic) bond motifs is 1. The first-order chi connectivity index (χ1) is 14.8. The van der Waals surface area contributed by atoms with Gasteiger partial charge in [-0.15, -0.1) is 0 Å². The van der Waals surface area contributed by atoms with Gasteiger partial charge in [-0.1, -0.05) is 6.07 Å². The molecule has 0 radical (unpaired) electrons. The van der Waals surface area contributed by atoms with E-state index in [1.165, 1.54) is 13.3 Å². The minimum absolute atomic E-state index is 0.0497. The molecule has 8 nitrogen and oxygen atoms in total. The van der Waals surface area contributed by atoms with E-state index in [9.17, 15) is 18.0 Å². The van der Waals surface area contributed by atoms with E-state index in [1.54, 1.807) is 12.1 Å². The van der Waals surface area contributed by atoms with Gasteiger partial charge in [-0.3, -0.25) is 5.32 Å². The van der Waals surface area contributed by atoms with Crippen molar-refractivity contribution in [3.05, 3.63) is 34.6 Å². The summed E-state index contributed by atoms with van der Waals surface area (Å²) in [5.74, 6) is 0.133. The molecule has 31 heavy (non-hydrogen) atoms. The molecule has 1 aromatic carbocycles. The minimum atomic E-state index is -4.63. The third kappa shape index (κ3) is 4.30. The van der Waals surface area contributed by atoms with Crippen molar-refractivity contribution in [1.29, 1.82) is 0 Å². The van der Waals surface area contributed by atoms with Crippen LogP contribution in [0.4, 0.5) is 29.6 Å². The van der Waals surface area contributed by atoms with Crippen molar-refractivity contribution >= 4 is 44.6 Å². The second-order valence-electron chi connectivity index (χ2n) is 6.96. The molecule has 1 aliphatic heterocycles. The molecule has 1 atom stereocenters. The van der Waals surface area contributed by atoms with Crippen LogP contribution in [0.15, 0.2) is 29.0 Å². The van der Waals surface area contributed by atoms with Crippen molar-refractivity contribution in [2.24, 2.45) is 0 Å². The van der Waals surface area contributed by atoms with E-state index < -0.39 is 17.8 Å². The normalized spacial score (nSPS) is 16.5. The highest BCUT2D eigenvalue weighted by Crippen LogP contribution is 2.41. The van der Waals surface area contributed by atoms with Gasteiger partial charge in [-0.25, -0.2) is 14.8 Å². The zero-order chi connectivity index (χ0) is 22.2. The zero-order valence-electron chi connectivity index (χ0n) is 16.2. The van der Waals surface area contributed by atoms with Crippen molar-refractivity contribution < 1.29 is 22.7 Å². The Balaban J connectivity index is 1.79. The first-order valence-corrected chi connectivity index (χ1v) is 10.1. The standard InChI is InChI=1S/C19H18BrF3N6O2/c1-31-18(30)28-13-3-2-10-11(7-25-16(10)14(13)20)15-12(19(21,22)23)8-26-17(29-15)27-9-4-5-24-6-9/h2-3,7-9,24-25H,4-6H2,1H3,(H,28,30)(H,26,27,29)/t9-/m0/s1. The number of amides is 1. The van der Waals surface area contributed by atoms with E-state index in [-0.39, 0.29) is 23.2 Å². The van der Waals surface area contributed by atoms with Gasteiger partial charge in [0.15, 0.2) is 0 Å². The average Bonchev–Trinajstić information content (AvgIpc) is 3.39. The molecular formula is C19H18BrF3N6O2. The number of carbonyl (C=O) groups excluding carboxylic acids is 1. The van der Waals surface area contributed by atoms with Gasteiger partial charge in [0.05, 0.1) is 28.5 Å². The molecule has 1 saturated heterocycles. The number of alkyl halides is 3. The van der Waals surface area contributed by atoms with Crippen molar-refractivity contribution in [1.82, 2.24) is 20.3 Å². The maximum absolute atomic E-state index is 13.7. The van der Waals surface area contributed by atoms with Crippen LogP contribution in [0.25, 0.3) is 22.2 Å². The van der Waals surface area contributed by atoms with Gasteiger partial charge >= 0.3 is 12.3 Å². The van der Waals surface area contributed by atoms with Crippen LogP contribution < -0.4 is 16.0 Å². The Bertz CT molecular complexity index is 1130. The fraction of sp³-hybridized carbons (Fsp3) is 0.316. The maximum atomic E-state index is 13.7. The third-order valence-electron chi connectivity index (χ3n) is 4.96. The second-order valence-corrected chi connectivity index (χ2v) is 7.75. The number of carbonyl (C=O) groups is 1. The second kappa shape index (κ2) is 8.35. The topological polar surface area (TPSA) is 104 Å². The zero-order valence-corrected chi connectivity index (χ0v) is 17.8. The number of methoxy groups -OCH3 is 1. The number of benzene rings is 1. The molecule has 0 aliphatic carbocycles. The summed E-state index contributed by atoms with van der Waals surface area (Å²) in [6.45, 7) is 1.51. The molecule has 3 heterocycles. The first-order valence-electron chi connectivity index (χ1n) is 9.34. The molecule has 2 aromatic heterocycles. The fourth-order valence-corrected chi connectivity index (χ4v) is 4.00. The number of halogens is 4. The van der Waals surface area contributed by atoms with Crippen LogP contribution in [0.5, 0.6) is 0 Å². The molecule has 0 saturated carbocycles. The van der Waals surface area contributed by atoms with Crippen LogP contribution >= 0.6 is 15.9 Å². The molecule has 0 spiro atoms. The van der Waals surface area contributed by atoms with Crippen molar-refractivity contribution in [2.75, 3.05) is 30.8 Å². The number of aromatic amines is 1. The van der Waals surface area contributed by atoms with Gasteiger partial charge < -0.3 is 20.4 Å².